The van der Waals surface area contributed by atoms with Crippen molar-refractivity contribution in [3.05, 3.63) is 52.5 Å². The Labute approximate surface area is 115 Å². The Balaban J connectivity index is 2.11. The molecule has 0 fully saturated rings. The van der Waals surface area contributed by atoms with Gasteiger partial charge in [0.25, 0.3) is 0 Å². The maximum Gasteiger partial charge on any atom is 0.156 e. The first-order chi connectivity index (χ1) is 8.70. The fourth-order valence-corrected chi connectivity index (χ4v) is 2.09. The Morgan fingerprint density at radius 3 is 2.67 bits per heavy atom. The van der Waals surface area contributed by atoms with Crippen LogP contribution in [0.1, 0.15) is 5.56 Å². The number of hydrogen-bond acceptors (Lipinski definition) is 3. The van der Waals surface area contributed by atoms with Gasteiger partial charge in [0.1, 0.15) is 12.4 Å². The minimum absolute atomic E-state index is 0.448. The van der Waals surface area contributed by atoms with Gasteiger partial charge >= 0.3 is 0 Å². The van der Waals surface area contributed by atoms with E-state index in [2.05, 4.69) is 15.9 Å². The third kappa shape index (κ3) is 2.96. The predicted molar refractivity (Wildman–Crippen MR) is 75.9 cm³/mol. The fourth-order valence-electron chi connectivity index (χ4n) is 1.60. The van der Waals surface area contributed by atoms with Crippen LogP contribution in [0, 0.1) is 0 Å². The molecule has 4 heteroatoms. The summed E-state index contributed by atoms with van der Waals surface area (Å²) in [5.41, 5.74) is 7.51. The highest BCUT2D eigenvalue weighted by Crippen LogP contribution is 2.31. The predicted octanol–water partition coefficient (Wildman–Crippen LogP) is 3.62. The van der Waals surface area contributed by atoms with Crippen molar-refractivity contribution in [1.82, 2.24) is 0 Å². The van der Waals surface area contributed by atoms with Crippen LogP contribution in [0.15, 0.2) is 46.9 Å². The number of methoxy groups -OCH3 is 1. The summed E-state index contributed by atoms with van der Waals surface area (Å²) >= 11 is 3.42. The number of nitrogen functional groups attached to an aromatic ring is 1. The van der Waals surface area contributed by atoms with E-state index < -0.39 is 0 Å². The molecule has 0 aromatic heterocycles. The zero-order valence-corrected chi connectivity index (χ0v) is 11.6. The lowest BCUT2D eigenvalue weighted by Crippen LogP contribution is -1.99. The second-order valence-corrected chi connectivity index (χ2v) is 4.65. The second kappa shape index (κ2) is 5.78. The molecule has 0 heterocycles. The van der Waals surface area contributed by atoms with Crippen LogP contribution in [0.2, 0.25) is 0 Å². The van der Waals surface area contributed by atoms with Gasteiger partial charge in [-0.2, -0.15) is 0 Å². The van der Waals surface area contributed by atoms with Crippen molar-refractivity contribution >= 4 is 21.6 Å². The molecule has 0 aliphatic carbocycles. The average molecular weight is 308 g/mol. The van der Waals surface area contributed by atoms with Gasteiger partial charge in [0.15, 0.2) is 5.75 Å². The molecule has 0 aliphatic heterocycles. The number of benzene rings is 2. The molecule has 2 aromatic carbocycles. The molecule has 0 saturated heterocycles. The summed E-state index contributed by atoms with van der Waals surface area (Å²) in [6, 6.07) is 13.3. The maximum atomic E-state index is 5.86. The summed E-state index contributed by atoms with van der Waals surface area (Å²) in [5, 5.41) is 0. The number of halogens is 1. The number of nitrogens with two attached hydrogens (primary N) is 1. The van der Waals surface area contributed by atoms with Crippen LogP contribution >= 0.6 is 15.9 Å². The molecule has 0 bridgehead atoms. The quantitative estimate of drug-likeness (QED) is 0.877. The molecule has 0 atom stereocenters. The van der Waals surface area contributed by atoms with Crippen LogP contribution in [-0.2, 0) is 6.61 Å². The van der Waals surface area contributed by atoms with Crippen molar-refractivity contribution < 1.29 is 9.47 Å². The van der Waals surface area contributed by atoms with Gasteiger partial charge in [-0.3, -0.25) is 0 Å². The molecule has 2 N–H and O–H groups in total. The molecule has 0 saturated carbocycles. The Bertz CT molecular complexity index is 523. The summed E-state index contributed by atoms with van der Waals surface area (Å²) < 4.78 is 11.7. The zero-order chi connectivity index (χ0) is 13.0. The fraction of sp³-hybridized carbons (Fsp3) is 0.143. The number of anilines is 1. The van der Waals surface area contributed by atoms with Crippen LogP contribution in [-0.4, -0.2) is 7.11 Å². The summed E-state index contributed by atoms with van der Waals surface area (Å²) in [4.78, 5) is 0. The molecule has 2 rings (SSSR count). The molecule has 0 unspecified atom stereocenters. The Morgan fingerprint density at radius 2 is 1.94 bits per heavy atom. The van der Waals surface area contributed by atoms with E-state index in [1.54, 1.807) is 7.11 Å². The number of ether oxygens (including phenoxy) is 2. The zero-order valence-electron chi connectivity index (χ0n) is 10.0. The first-order valence-corrected chi connectivity index (χ1v) is 6.29. The topological polar surface area (TPSA) is 44.5 Å². The lowest BCUT2D eigenvalue weighted by Gasteiger charge is -2.11. The minimum atomic E-state index is 0.448. The van der Waals surface area contributed by atoms with E-state index in [0.29, 0.717) is 18.0 Å². The van der Waals surface area contributed by atoms with E-state index in [-0.39, 0.29) is 0 Å². The smallest absolute Gasteiger partial charge is 0.156 e. The normalized spacial score (nSPS) is 10.1. The molecular formula is C14H14BrNO2. The SMILES string of the molecule is COc1cccc(COc2c(N)cccc2Br)c1. The van der Waals surface area contributed by atoms with Crippen molar-refractivity contribution in [1.29, 1.82) is 0 Å². The summed E-state index contributed by atoms with van der Waals surface area (Å²) in [6.07, 6.45) is 0. The maximum absolute atomic E-state index is 5.86. The van der Waals surface area contributed by atoms with Crippen LogP contribution in [0.5, 0.6) is 11.5 Å². The average Bonchev–Trinajstić information content (AvgIpc) is 2.38. The van der Waals surface area contributed by atoms with Gasteiger partial charge < -0.3 is 15.2 Å². The molecule has 0 aliphatic rings. The lowest BCUT2D eigenvalue weighted by atomic mass is 10.2. The molecule has 2 aromatic rings. The molecule has 0 amide bonds. The molecule has 18 heavy (non-hydrogen) atoms. The third-order valence-electron chi connectivity index (χ3n) is 2.51. The van der Waals surface area contributed by atoms with E-state index in [9.17, 15) is 0 Å². The lowest BCUT2D eigenvalue weighted by molar-refractivity contribution is 0.305. The molecule has 0 spiro atoms. The van der Waals surface area contributed by atoms with Gasteiger partial charge in [-0.1, -0.05) is 18.2 Å². The van der Waals surface area contributed by atoms with Crippen LogP contribution in [0.3, 0.4) is 0 Å². The van der Waals surface area contributed by atoms with Crippen LogP contribution in [0.25, 0.3) is 0 Å². The standard InChI is InChI=1S/C14H14BrNO2/c1-17-11-5-2-4-10(8-11)9-18-14-12(15)6-3-7-13(14)16/h2-8H,9,16H2,1H3. The van der Waals surface area contributed by atoms with Gasteiger partial charge in [0, 0.05) is 0 Å². The van der Waals surface area contributed by atoms with E-state index in [1.165, 1.54) is 0 Å². The van der Waals surface area contributed by atoms with E-state index >= 15 is 0 Å². The van der Waals surface area contributed by atoms with Gasteiger partial charge in [-0.25, -0.2) is 0 Å². The Kier molecular flexibility index (Phi) is 4.10. The molecule has 3 nitrogen and oxygen atoms in total. The van der Waals surface area contributed by atoms with E-state index in [1.807, 2.05) is 42.5 Å². The summed E-state index contributed by atoms with van der Waals surface area (Å²) in [7, 11) is 1.64. The highest BCUT2D eigenvalue weighted by atomic mass is 79.9. The first-order valence-electron chi connectivity index (χ1n) is 5.50. The highest BCUT2D eigenvalue weighted by Gasteiger charge is 2.05. The minimum Gasteiger partial charge on any atom is -0.497 e. The molecule has 94 valence electrons. The first kappa shape index (κ1) is 12.8. The van der Waals surface area contributed by atoms with Crippen molar-refractivity contribution in [3.8, 4) is 11.5 Å². The third-order valence-corrected chi connectivity index (χ3v) is 3.14. The van der Waals surface area contributed by atoms with E-state index in [0.717, 1.165) is 15.8 Å². The van der Waals surface area contributed by atoms with Gasteiger partial charge in [-0.05, 0) is 45.8 Å². The molecular weight excluding hydrogens is 294 g/mol. The second-order valence-electron chi connectivity index (χ2n) is 3.80. The Hall–Kier alpha value is -1.68. The Morgan fingerprint density at radius 1 is 1.17 bits per heavy atom. The van der Waals surface area contributed by atoms with Gasteiger partial charge in [-0.15, -0.1) is 0 Å². The van der Waals surface area contributed by atoms with Crippen molar-refractivity contribution in [2.45, 2.75) is 6.61 Å². The van der Waals surface area contributed by atoms with Gasteiger partial charge in [0.2, 0.25) is 0 Å². The van der Waals surface area contributed by atoms with Crippen molar-refractivity contribution in [3.63, 3.8) is 0 Å². The monoisotopic (exact) mass is 307 g/mol. The number of para-hydroxylation sites is 1. The molecule has 0 radical (unpaired) electrons. The van der Waals surface area contributed by atoms with Crippen LogP contribution in [0.4, 0.5) is 5.69 Å². The number of rotatable bonds is 4. The van der Waals surface area contributed by atoms with Crippen molar-refractivity contribution in [2.75, 3.05) is 12.8 Å². The van der Waals surface area contributed by atoms with Crippen molar-refractivity contribution in [2.24, 2.45) is 0 Å². The number of hydrogen-bond donors (Lipinski definition) is 1. The summed E-state index contributed by atoms with van der Waals surface area (Å²) in [6.45, 7) is 0.448. The van der Waals surface area contributed by atoms with Crippen LogP contribution < -0.4 is 15.2 Å². The van der Waals surface area contributed by atoms with Gasteiger partial charge in [0.05, 0.1) is 17.3 Å². The largest absolute Gasteiger partial charge is 0.497 e. The highest BCUT2D eigenvalue weighted by molar-refractivity contribution is 9.10. The summed E-state index contributed by atoms with van der Waals surface area (Å²) in [5.74, 6) is 1.48. The van der Waals surface area contributed by atoms with E-state index in [4.69, 9.17) is 15.2 Å².